The second-order valence-electron chi connectivity index (χ2n) is 3.40. The zero-order valence-electron chi connectivity index (χ0n) is 8.66. The van der Waals surface area contributed by atoms with Crippen molar-refractivity contribution in [3.63, 3.8) is 0 Å². The summed E-state index contributed by atoms with van der Waals surface area (Å²) in [5, 5.41) is 3.15. The van der Waals surface area contributed by atoms with E-state index >= 15 is 0 Å². The van der Waals surface area contributed by atoms with Crippen LogP contribution in [0.5, 0.6) is 5.75 Å². The van der Waals surface area contributed by atoms with Crippen molar-refractivity contribution in [1.82, 2.24) is 5.32 Å². The van der Waals surface area contributed by atoms with Crippen molar-refractivity contribution < 1.29 is 4.74 Å². The highest BCUT2D eigenvalue weighted by molar-refractivity contribution is 7.80. The van der Waals surface area contributed by atoms with Crippen LogP contribution in [-0.2, 0) is 6.54 Å². The van der Waals surface area contributed by atoms with Gasteiger partial charge in [0, 0.05) is 12.4 Å². The van der Waals surface area contributed by atoms with E-state index in [0.717, 1.165) is 12.3 Å². The Bertz CT molecular complexity index is 258. The number of nitrogens with one attached hydrogen (secondary N) is 1. The Morgan fingerprint density at radius 2 is 1.93 bits per heavy atom. The van der Waals surface area contributed by atoms with Gasteiger partial charge in [-0.2, -0.15) is 12.6 Å². The molecule has 0 heterocycles. The second kappa shape index (κ2) is 5.94. The molecule has 0 fully saturated rings. The fourth-order valence-electron chi connectivity index (χ4n) is 1.16. The van der Waals surface area contributed by atoms with Crippen molar-refractivity contribution in [3.8, 4) is 5.75 Å². The quantitative estimate of drug-likeness (QED) is 0.576. The van der Waals surface area contributed by atoms with E-state index in [4.69, 9.17) is 4.74 Å². The minimum Gasteiger partial charge on any atom is -0.491 e. The van der Waals surface area contributed by atoms with Crippen LogP contribution in [0.15, 0.2) is 24.3 Å². The van der Waals surface area contributed by atoms with Crippen molar-refractivity contribution in [2.75, 3.05) is 5.88 Å². The number of rotatable bonds is 5. The summed E-state index contributed by atoms with van der Waals surface area (Å²) in [6, 6.07) is 8.12. The van der Waals surface area contributed by atoms with E-state index in [9.17, 15) is 0 Å². The van der Waals surface area contributed by atoms with E-state index in [1.54, 1.807) is 0 Å². The Kier molecular flexibility index (Phi) is 4.84. The smallest absolute Gasteiger partial charge is 0.119 e. The van der Waals surface area contributed by atoms with Crippen LogP contribution in [-0.4, -0.2) is 12.0 Å². The van der Waals surface area contributed by atoms with E-state index in [1.165, 1.54) is 5.56 Å². The molecule has 1 N–H and O–H groups in total. The summed E-state index contributed by atoms with van der Waals surface area (Å²) in [7, 11) is 0. The highest BCUT2D eigenvalue weighted by Crippen LogP contribution is 2.13. The summed E-state index contributed by atoms with van der Waals surface area (Å²) in [5.74, 6) is 1.62. The molecule has 0 aromatic heterocycles. The first-order chi connectivity index (χ1) is 6.72. The lowest BCUT2D eigenvalue weighted by Crippen LogP contribution is -2.10. The number of hydrogen-bond acceptors (Lipinski definition) is 3. The molecule has 0 radical (unpaired) electrons. The van der Waals surface area contributed by atoms with Gasteiger partial charge >= 0.3 is 0 Å². The molecule has 0 aliphatic carbocycles. The molecule has 0 unspecified atom stereocenters. The molecular formula is C11H17NOS. The van der Waals surface area contributed by atoms with Crippen LogP contribution in [0.4, 0.5) is 0 Å². The first-order valence-corrected chi connectivity index (χ1v) is 5.43. The van der Waals surface area contributed by atoms with Gasteiger partial charge in [0.2, 0.25) is 0 Å². The molecule has 0 saturated heterocycles. The second-order valence-corrected chi connectivity index (χ2v) is 3.71. The molecular weight excluding hydrogens is 194 g/mol. The highest BCUT2D eigenvalue weighted by Gasteiger charge is 1.97. The fourth-order valence-corrected chi connectivity index (χ4v) is 1.27. The third-order valence-electron chi connectivity index (χ3n) is 1.74. The largest absolute Gasteiger partial charge is 0.491 e. The first kappa shape index (κ1) is 11.4. The summed E-state index contributed by atoms with van der Waals surface area (Å²) in [4.78, 5) is 0. The monoisotopic (exact) mass is 211 g/mol. The van der Waals surface area contributed by atoms with Crippen LogP contribution >= 0.6 is 12.6 Å². The predicted molar refractivity (Wildman–Crippen MR) is 62.9 cm³/mol. The maximum Gasteiger partial charge on any atom is 0.119 e. The third-order valence-corrected chi connectivity index (χ3v) is 1.96. The van der Waals surface area contributed by atoms with Crippen molar-refractivity contribution in [1.29, 1.82) is 0 Å². The zero-order valence-corrected chi connectivity index (χ0v) is 9.55. The average Bonchev–Trinajstić information content (AvgIpc) is 2.16. The average molecular weight is 211 g/mol. The molecule has 0 bridgehead atoms. The predicted octanol–water partition coefficient (Wildman–Crippen LogP) is 2.45. The Balaban J connectivity index is 2.50. The number of ether oxygens (including phenoxy) is 1. The van der Waals surface area contributed by atoms with Gasteiger partial charge < -0.3 is 10.1 Å². The molecule has 0 spiro atoms. The molecule has 0 aliphatic heterocycles. The van der Waals surface area contributed by atoms with Crippen LogP contribution in [0.1, 0.15) is 19.4 Å². The molecule has 0 atom stereocenters. The molecule has 1 rings (SSSR count). The molecule has 14 heavy (non-hydrogen) atoms. The molecule has 3 heteroatoms. The van der Waals surface area contributed by atoms with Crippen molar-refractivity contribution >= 4 is 12.6 Å². The first-order valence-electron chi connectivity index (χ1n) is 4.79. The van der Waals surface area contributed by atoms with Gasteiger partial charge in [0.15, 0.2) is 0 Å². The Morgan fingerprint density at radius 3 is 2.43 bits per heavy atom. The summed E-state index contributed by atoms with van der Waals surface area (Å²) >= 11 is 4.08. The SMILES string of the molecule is CC(C)Oc1ccc(CNCS)cc1. The lowest BCUT2D eigenvalue weighted by molar-refractivity contribution is 0.242. The molecule has 78 valence electrons. The molecule has 1 aromatic rings. The van der Waals surface area contributed by atoms with Crippen LogP contribution in [0.2, 0.25) is 0 Å². The van der Waals surface area contributed by atoms with Crippen molar-refractivity contribution in [2.24, 2.45) is 0 Å². The van der Waals surface area contributed by atoms with Crippen molar-refractivity contribution in [3.05, 3.63) is 29.8 Å². The standard InChI is InChI=1S/C11H17NOS/c1-9(2)13-11-5-3-10(4-6-11)7-12-8-14/h3-6,9,12,14H,7-8H2,1-2H3. The van der Waals surface area contributed by atoms with E-state index in [1.807, 2.05) is 26.0 Å². The molecule has 0 aliphatic rings. The summed E-state index contributed by atoms with van der Waals surface area (Å²) in [6.45, 7) is 4.90. The minimum atomic E-state index is 0.233. The maximum absolute atomic E-state index is 5.54. The van der Waals surface area contributed by atoms with Gasteiger partial charge in [-0.15, -0.1) is 0 Å². The highest BCUT2D eigenvalue weighted by atomic mass is 32.1. The Labute approximate surface area is 91.1 Å². The van der Waals surface area contributed by atoms with E-state index < -0.39 is 0 Å². The normalized spacial score (nSPS) is 10.6. The van der Waals surface area contributed by atoms with Crippen LogP contribution in [0.3, 0.4) is 0 Å². The third kappa shape index (κ3) is 4.03. The minimum absolute atomic E-state index is 0.233. The van der Waals surface area contributed by atoms with E-state index in [0.29, 0.717) is 5.88 Å². The van der Waals surface area contributed by atoms with Gasteiger partial charge in [-0.05, 0) is 31.5 Å². The lowest BCUT2D eigenvalue weighted by atomic mass is 10.2. The van der Waals surface area contributed by atoms with Crippen LogP contribution in [0.25, 0.3) is 0 Å². The molecule has 0 saturated carbocycles. The topological polar surface area (TPSA) is 21.3 Å². The maximum atomic E-state index is 5.54. The molecule has 0 amide bonds. The molecule has 2 nitrogen and oxygen atoms in total. The van der Waals surface area contributed by atoms with Gasteiger partial charge in [-0.3, -0.25) is 0 Å². The summed E-state index contributed by atoms with van der Waals surface area (Å²) < 4.78 is 5.54. The van der Waals surface area contributed by atoms with Gasteiger partial charge in [0.05, 0.1) is 6.10 Å². The lowest BCUT2D eigenvalue weighted by Gasteiger charge is -2.10. The zero-order chi connectivity index (χ0) is 10.4. The Morgan fingerprint density at radius 1 is 1.29 bits per heavy atom. The number of hydrogen-bond donors (Lipinski definition) is 2. The fraction of sp³-hybridized carbons (Fsp3) is 0.455. The Hall–Kier alpha value is -0.670. The van der Waals surface area contributed by atoms with Crippen molar-refractivity contribution in [2.45, 2.75) is 26.5 Å². The van der Waals surface area contributed by atoms with Gasteiger partial charge in [-0.1, -0.05) is 12.1 Å². The van der Waals surface area contributed by atoms with Gasteiger partial charge in [-0.25, -0.2) is 0 Å². The van der Waals surface area contributed by atoms with Crippen LogP contribution in [0, 0.1) is 0 Å². The van der Waals surface area contributed by atoms with E-state index in [2.05, 4.69) is 30.1 Å². The number of benzene rings is 1. The van der Waals surface area contributed by atoms with E-state index in [-0.39, 0.29) is 6.10 Å². The summed E-state index contributed by atoms with van der Waals surface area (Å²) in [5.41, 5.74) is 1.25. The van der Waals surface area contributed by atoms with Gasteiger partial charge in [0.1, 0.15) is 5.75 Å². The molecule has 1 aromatic carbocycles. The van der Waals surface area contributed by atoms with Gasteiger partial charge in [0.25, 0.3) is 0 Å². The van der Waals surface area contributed by atoms with Crippen LogP contribution < -0.4 is 10.1 Å². The number of thiol groups is 1. The summed E-state index contributed by atoms with van der Waals surface area (Å²) in [6.07, 6.45) is 0.233.